The van der Waals surface area contributed by atoms with E-state index >= 15 is 0 Å². The summed E-state index contributed by atoms with van der Waals surface area (Å²) in [6.07, 6.45) is 9.81. The summed E-state index contributed by atoms with van der Waals surface area (Å²) in [5, 5.41) is 3.40. The Morgan fingerprint density at radius 1 is 1.07 bits per heavy atom. The van der Waals surface area contributed by atoms with Gasteiger partial charge in [-0.15, -0.1) is 0 Å². The number of nitrogens with one attached hydrogen (secondary N) is 1. The lowest BCUT2D eigenvalue weighted by molar-refractivity contribution is -0.126. The second-order valence-corrected chi connectivity index (χ2v) is 9.28. The molecule has 0 radical (unpaired) electrons. The van der Waals surface area contributed by atoms with Gasteiger partial charge in [-0.25, -0.2) is 9.37 Å². The Morgan fingerprint density at radius 3 is 2.45 bits per heavy atom. The Labute approximate surface area is 175 Å². The van der Waals surface area contributed by atoms with Crippen LogP contribution in [0.3, 0.4) is 0 Å². The number of nitrogens with zero attached hydrogens (tertiary/aromatic N) is 3. The van der Waals surface area contributed by atoms with Crippen LogP contribution in [0.1, 0.15) is 63.8 Å². The van der Waals surface area contributed by atoms with Crippen molar-refractivity contribution < 1.29 is 9.18 Å². The summed E-state index contributed by atoms with van der Waals surface area (Å²) in [4.78, 5) is 19.7. The van der Waals surface area contributed by atoms with Crippen molar-refractivity contribution in [1.29, 1.82) is 0 Å². The number of halogens is 2. The highest BCUT2D eigenvalue weighted by Gasteiger charge is 2.32. The Balaban J connectivity index is 1.34. The standard InChI is InChI=1S/C22H28ClFN4O/c23-17-12-20-19(13-18(17)24)26-22(28(20)16-6-3-7-16)27-10-8-14(9-11-27)21(29)25-15-4-1-2-5-15/h12-16H,1-11H2,(H,25,29). The lowest BCUT2D eigenvalue weighted by Crippen LogP contribution is -2.44. The summed E-state index contributed by atoms with van der Waals surface area (Å²) in [6.45, 7) is 1.60. The van der Waals surface area contributed by atoms with Crippen LogP contribution in [-0.4, -0.2) is 34.6 Å². The Kier molecular flexibility index (Phi) is 5.14. The summed E-state index contributed by atoms with van der Waals surface area (Å²) >= 11 is 6.07. The number of carbonyl (C=O) groups excluding carboxylic acids is 1. The fourth-order valence-corrected chi connectivity index (χ4v) is 5.19. The van der Waals surface area contributed by atoms with E-state index in [4.69, 9.17) is 16.6 Å². The lowest BCUT2D eigenvalue weighted by Gasteiger charge is -2.36. The fourth-order valence-electron chi connectivity index (χ4n) is 5.04. The van der Waals surface area contributed by atoms with Gasteiger partial charge in [-0.1, -0.05) is 24.4 Å². The molecule has 3 fully saturated rings. The molecule has 1 aliphatic heterocycles. The number of piperidine rings is 1. The first-order valence-corrected chi connectivity index (χ1v) is 11.4. The van der Waals surface area contributed by atoms with E-state index in [1.165, 1.54) is 25.3 Å². The zero-order valence-electron chi connectivity index (χ0n) is 16.7. The van der Waals surface area contributed by atoms with Crippen LogP contribution in [0.4, 0.5) is 10.3 Å². The molecule has 2 saturated carbocycles. The van der Waals surface area contributed by atoms with Gasteiger partial charge in [-0.2, -0.15) is 0 Å². The van der Waals surface area contributed by atoms with Crippen molar-refractivity contribution in [3.05, 3.63) is 23.0 Å². The van der Waals surface area contributed by atoms with Crippen molar-refractivity contribution in [3.8, 4) is 0 Å². The molecule has 0 atom stereocenters. The molecule has 1 saturated heterocycles. The van der Waals surface area contributed by atoms with E-state index in [9.17, 15) is 9.18 Å². The minimum Gasteiger partial charge on any atom is -0.353 e. The number of anilines is 1. The predicted molar refractivity (Wildman–Crippen MR) is 113 cm³/mol. The Hall–Kier alpha value is -1.82. The number of carbonyl (C=O) groups is 1. The number of imidazole rings is 1. The molecule has 0 bridgehead atoms. The summed E-state index contributed by atoms with van der Waals surface area (Å²) in [5.41, 5.74) is 1.58. The number of aromatic nitrogens is 2. The van der Waals surface area contributed by atoms with Crippen LogP contribution < -0.4 is 10.2 Å². The number of fused-ring (bicyclic) bond motifs is 1. The largest absolute Gasteiger partial charge is 0.353 e. The minimum absolute atomic E-state index is 0.0836. The van der Waals surface area contributed by atoms with Crippen LogP contribution in [0.15, 0.2) is 12.1 Å². The molecule has 0 spiro atoms. The molecule has 29 heavy (non-hydrogen) atoms. The number of hydrogen-bond donors (Lipinski definition) is 1. The van der Waals surface area contributed by atoms with Crippen LogP contribution in [0.25, 0.3) is 11.0 Å². The third-order valence-electron chi connectivity index (χ3n) is 7.00. The molecule has 5 nitrogen and oxygen atoms in total. The highest BCUT2D eigenvalue weighted by molar-refractivity contribution is 6.31. The van der Waals surface area contributed by atoms with Gasteiger partial charge >= 0.3 is 0 Å². The second kappa shape index (κ2) is 7.78. The van der Waals surface area contributed by atoms with Crippen molar-refractivity contribution in [2.24, 2.45) is 5.92 Å². The van der Waals surface area contributed by atoms with Crippen molar-refractivity contribution in [2.45, 2.75) is 69.9 Å². The van der Waals surface area contributed by atoms with Crippen LogP contribution in [-0.2, 0) is 4.79 Å². The number of amides is 1. The molecule has 2 aliphatic carbocycles. The average molecular weight is 419 g/mol. The first-order valence-electron chi connectivity index (χ1n) is 11.0. The molecule has 1 aromatic heterocycles. The molecule has 1 N–H and O–H groups in total. The normalized spacial score (nSPS) is 21.7. The zero-order chi connectivity index (χ0) is 20.0. The molecular weight excluding hydrogens is 391 g/mol. The van der Waals surface area contributed by atoms with Gasteiger partial charge in [0.15, 0.2) is 0 Å². The van der Waals surface area contributed by atoms with Crippen LogP contribution in [0.5, 0.6) is 0 Å². The van der Waals surface area contributed by atoms with E-state index in [-0.39, 0.29) is 16.8 Å². The molecule has 1 aromatic carbocycles. The van der Waals surface area contributed by atoms with Crippen molar-refractivity contribution in [3.63, 3.8) is 0 Å². The quantitative estimate of drug-likeness (QED) is 0.773. The highest BCUT2D eigenvalue weighted by atomic mass is 35.5. The van der Waals surface area contributed by atoms with Gasteiger partial charge in [-0.3, -0.25) is 4.79 Å². The number of hydrogen-bond acceptors (Lipinski definition) is 3. The lowest BCUT2D eigenvalue weighted by atomic mass is 9.92. The van der Waals surface area contributed by atoms with E-state index in [1.54, 1.807) is 6.07 Å². The Bertz CT molecular complexity index is 911. The van der Waals surface area contributed by atoms with Gasteiger partial charge in [0.2, 0.25) is 11.9 Å². The maximum Gasteiger partial charge on any atom is 0.223 e. The molecule has 2 heterocycles. The molecule has 7 heteroatoms. The molecule has 0 unspecified atom stereocenters. The molecular formula is C22H28ClFN4O. The summed E-state index contributed by atoms with van der Waals surface area (Å²) < 4.78 is 16.2. The maximum absolute atomic E-state index is 14.0. The Morgan fingerprint density at radius 2 is 1.79 bits per heavy atom. The van der Waals surface area contributed by atoms with Gasteiger partial charge in [-0.05, 0) is 51.0 Å². The molecule has 1 amide bonds. The van der Waals surface area contributed by atoms with Crippen LogP contribution in [0.2, 0.25) is 5.02 Å². The minimum atomic E-state index is -0.425. The first-order chi connectivity index (χ1) is 14.1. The molecule has 156 valence electrons. The van der Waals surface area contributed by atoms with Crippen molar-refractivity contribution in [2.75, 3.05) is 18.0 Å². The van der Waals surface area contributed by atoms with E-state index in [0.29, 0.717) is 17.6 Å². The van der Waals surface area contributed by atoms with E-state index < -0.39 is 5.82 Å². The molecule has 2 aromatic rings. The second-order valence-electron chi connectivity index (χ2n) is 8.87. The van der Waals surface area contributed by atoms with Gasteiger partial charge < -0.3 is 14.8 Å². The number of rotatable bonds is 4. The van der Waals surface area contributed by atoms with Crippen molar-refractivity contribution >= 4 is 34.5 Å². The summed E-state index contributed by atoms with van der Waals surface area (Å²) in [7, 11) is 0. The van der Waals surface area contributed by atoms with Crippen LogP contribution >= 0.6 is 11.6 Å². The van der Waals surface area contributed by atoms with Gasteiger partial charge in [0.25, 0.3) is 0 Å². The maximum atomic E-state index is 14.0. The third kappa shape index (κ3) is 3.60. The van der Waals surface area contributed by atoms with Gasteiger partial charge in [0, 0.05) is 37.2 Å². The third-order valence-corrected chi connectivity index (χ3v) is 7.29. The average Bonchev–Trinajstić information content (AvgIpc) is 3.30. The monoisotopic (exact) mass is 418 g/mol. The zero-order valence-corrected chi connectivity index (χ0v) is 17.4. The van der Waals surface area contributed by atoms with Crippen molar-refractivity contribution in [1.82, 2.24) is 14.9 Å². The summed E-state index contributed by atoms with van der Waals surface area (Å²) in [5.74, 6) is 0.783. The molecule has 5 rings (SSSR count). The van der Waals surface area contributed by atoms with E-state index in [0.717, 1.165) is 63.1 Å². The predicted octanol–water partition coefficient (Wildman–Crippen LogP) is 4.83. The number of benzene rings is 1. The van der Waals surface area contributed by atoms with E-state index in [1.807, 2.05) is 0 Å². The smallest absolute Gasteiger partial charge is 0.223 e. The fraction of sp³-hybridized carbons (Fsp3) is 0.636. The van der Waals surface area contributed by atoms with Gasteiger partial charge in [0.05, 0.1) is 16.1 Å². The highest BCUT2D eigenvalue weighted by Crippen LogP contribution is 2.40. The van der Waals surface area contributed by atoms with Gasteiger partial charge in [0.1, 0.15) is 5.82 Å². The molecule has 3 aliphatic rings. The first kappa shape index (κ1) is 19.2. The van der Waals surface area contributed by atoms with Crippen LogP contribution in [0, 0.1) is 11.7 Å². The van der Waals surface area contributed by atoms with E-state index in [2.05, 4.69) is 14.8 Å². The SMILES string of the molecule is O=C(NC1CCCC1)C1CCN(c2nc3cc(F)c(Cl)cc3n2C2CCC2)CC1. The summed E-state index contributed by atoms with van der Waals surface area (Å²) in [6, 6.07) is 3.93. The topological polar surface area (TPSA) is 50.2 Å².